The molecule has 1 aliphatic rings. The Morgan fingerprint density at radius 3 is 2.67 bits per heavy atom. The lowest BCUT2D eigenvalue weighted by molar-refractivity contribution is 0.0954. The van der Waals surface area contributed by atoms with E-state index in [1.807, 2.05) is 6.07 Å². The van der Waals surface area contributed by atoms with Gasteiger partial charge in [0, 0.05) is 10.9 Å². The van der Waals surface area contributed by atoms with Gasteiger partial charge in [-0.15, -0.1) is 0 Å². The SMILES string of the molecule is O=C(c1ccc(F)c2ccccc12)C1CCCN1. The lowest BCUT2D eigenvalue weighted by atomic mass is 9.96. The molecule has 0 amide bonds. The highest BCUT2D eigenvalue weighted by Crippen LogP contribution is 2.24. The molecule has 2 aromatic carbocycles. The van der Waals surface area contributed by atoms with Gasteiger partial charge in [-0.1, -0.05) is 24.3 Å². The highest BCUT2D eigenvalue weighted by Gasteiger charge is 2.24. The van der Waals surface area contributed by atoms with Crippen molar-refractivity contribution in [1.29, 1.82) is 0 Å². The molecule has 0 aliphatic carbocycles. The van der Waals surface area contributed by atoms with Crippen LogP contribution in [0.15, 0.2) is 36.4 Å². The molecule has 1 N–H and O–H groups in total. The van der Waals surface area contributed by atoms with Gasteiger partial charge in [0.05, 0.1) is 6.04 Å². The highest BCUT2D eigenvalue weighted by molar-refractivity contribution is 6.10. The number of carbonyl (C=O) groups is 1. The Labute approximate surface area is 105 Å². The molecule has 3 rings (SSSR count). The van der Waals surface area contributed by atoms with Gasteiger partial charge >= 0.3 is 0 Å². The second kappa shape index (κ2) is 4.50. The van der Waals surface area contributed by atoms with Crippen LogP contribution in [-0.4, -0.2) is 18.4 Å². The number of hydrogen-bond donors (Lipinski definition) is 1. The fourth-order valence-electron chi connectivity index (χ4n) is 2.57. The zero-order chi connectivity index (χ0) is 12.5. The van der Waals surface area contributed by atoms with Gasteiger partial charge in [0.1, 0.15) is 5.82 Å². The summed E-state index contributed by atoms with van der Waals surface area (Å²) in [7, 11) is 0. The minimum absolute atomic E-state index is 0.0729. The molecule has 0 aromatic heterocycles. The molecule has 1 heterocycles. The van der Waals surface area contributed by atoms with Crippen LogP contribution in [0.2, 0.25) is 0 Å². The molecule has 1 unspecified atom stereocenters. The number of nitrogens with one attached hydrogen (secondary N) is 1. The van der Waals surface area contributed by atoms with Crippen LogP contribution < -0.4 is 5.32 Å². The van der Waals surface area contributed by atoms with E-state index >= 15 is 0 Å². The minimum Gasteiger partial charge on any atom is -0.307 e. The summed E-state index contributed by atoms with van der Waals surface area (Å²) in [5, 5.41) is 4.41. The average molecular weight is 243 g/mol. The summed E-state index contributed by atoms with van der Waals surface area (Å²) >= 11 is 0. The molecule has 0 bridgehead atoms. The van der Waals surface area contributed by atoms with Gasteiger partial charge in [-0.25, -0.2) is 4.39 Å². The van der Waals surface area contributed by atoms with E-state index in [-0.39, 0.29) is 17.6 Å². The molecule has 2 nitrogen and oxygen atoms in total. The first kappa shape index (κ1) is 11.4. The summed E-state index contributed by atoms with van der Waals surface area (Å²) in [6, 6.07) is 10.0. The van der Waals surface area contributed by atoms with Crippen LogP contribution in [0.5, 0.6) is 0 Å². The molecular weight excluding hydrogens is 229 g/mol. The minimum atomic E-state index is -0.276. The molecule has 2 aromatic rings. The summed E-state index contributed by atoms with van der Waals surface area (Å²) in [5.41, 5.74) is 0.617. The van der Waals surface area contributed by atoms with Gasteiger partial charge in [-0.3, -0.25) is 4.79 Å². The number of Topliss-reactive ketones (excluding diaryl/α,β-unsaturated/α-hetero) is 1. The Bertz CT molecular complexity index is 602. The number of benzene rings is 2. The zero-order valence-corrected chi connectivity index (χ0v) is 9.95. The monoisotopic (exact) mass is 243 g/mol. The van der Waals surface area contributed by atoms with Crippen molar-refractivity contribution in [3.8, 4) is 0 Å². The molecule has 1 fully saturated rings. The van der Waals surface area contributed by atoms with Gasteiger partial charge in [-0.05, 0) is 36.9 Å². The maximum atomic E-state index is 13.7. The molecule has 0 spiro atoms. The number of ketones is 1. The third kappa shape index (κ3) is 1.81. The van der Waals surface area contributed by atoms with Crippen molar-refractivity contribution in [3.63, 3.8) is 0 Å². The summed E-state index contributed by atoms with van der Waals surface area (Å²) in [5.74, 6) is -0.203. The first-order valence-corrected chi connectivity index (χ1v) is 6.22. The third-order valence-electron chi connectivity index (χ3n) is 3.51. The van der Waals surface area contributed by atoms with E-state index in [4.69, 9.17) is 0 Å². The van der Waals surface area contributed by atoms with E-state index in [1.54, 1.807) is 24.3 Å². The van der Waals surface area contributed by atoms with Crippen LogP contribution in [0.3, 0.4) is 0 Å². The average Bonchev–Trinajstić information content (AvgIpc) is 2.93. The van der Waals surface area contributed by atoms with Gasteiger partial charge in [-0.2, -0.15) is 0 Å². The van der Waals surface area contributed by atoms with Crippen LogP contribution in [-0.2, 0) is 0 Å². The second-order valence-corrected chi connectivity index (χ2v) is 4.65. The lowest BCUT2D eigenvalue weighted by Crippen LogP contribution is -2.30. The van der Waals surface area contributed by atoms with Crippen LogP contribution in [0.4, 0.5) is 4.39 Å². The van der Waals surface area contributed by atoms with Crippen molar-refractivity contribution in [1.82, 2.24) is 5.32 Å². The van der Waals surface area contributed by atoms with Crippen molar-refractivity contribution in [2.75, 3.05) is 6.54 Å². The smallest absolute Gasteiger partial charge is 0.180 e. The van der Waals surface area contributed by atoms with Gasteiger partial charge < -0.3 is 5.32 Å². The van der Waals surface area contributed by atoms with Gasteiger partial charge in [0.15, 0.2) is 5.78 Å². The summed E-state index contributed by atoms with van der Waals surface area (Å²) < 4.78 is 13.7. The zero-order valence-electron chi connectivity index (χ0n) is 9.95. The van der Waals surface area contributed by atoms with Crippen molar-refractivity contribution < 1.29 is 9.18 Å². The Hall–Kier alpha value is -1.74. The number of halogens is 1. The van der Waals surface area contributed by atoms with E-state index in [9.17, 15) is 9.18 Å². The Balaban J connectivity index is 2.11. The predicted molar refractivity (Wildman–Crippen MR) is 69.3 cm³/mol. The molecule has 92 valence electrons. The van der Waals surface area contributed by atoms with E-state index in [0.717, 1.165) is 19.4 Å². The van der Waals surface area contributed by atoms with E-state index in [2.05, 4.69) is 5.32 Å². The van der Waals surface area contributed by atoms with Crippen molar-refractivity contribution in [2.45, 2.75) is 18.9 Å². The quantitative estimate of drug-likeness (QED) is 0.822. The normalized spacial score (nSPS) is 19.3. The standard InChI is InChI=1S/C15H14FNO/c16-13-8-7-12(10-4-1-2-5-11(10)13)15(18)14-6-3-9-17-14/h1-2,4-5,7-8,14,17H,3,6,9H2. The molecule has 0 radical (unpaired) electrons. The van der Waals surface area contributed by atoms with E-state index in [1.165, 1.54) is 6.07 Å². The molecule has 1 saturated heterocycles. The van der Waals surface area contributed by atoms with E-state index < -0.39 is 0 Å². The molecule has 1 aliphatic heterocycles. The van der Waals surface area contributed by atoms with Crippen molar-refractivity contribution in [3.05, 3.63) is 47.8 Å². The number of carbonyl (C=O) groups excluding carboxylic acids is 1. The first-order valence-electron chi connectivity index (χ1n) is 6.22. The first-order chi connectivity index (χ1) is 8.77. The summed E-state index contributed by atoms with van der Waals surface area (Å²) in [6.07, 6.45) is 1.89. The fourth-order valence-corrected chi connectivity index (χ4v) is 2.57. The Kier molecular flexibility index (Phi) is 2.84. The number of hydrogen-bond acceptors (Lipinski definition) is 2. The second-order valence-electron chi connectivity index (χ2n) is 4.65. The van der Waals surface area contributed by atoms with Crippen LogP contribution in [0.25, 0.3) is 10.8 Å². The van der Waals surface area contributed by atoms with Crippen LogP contribution in [0.1, 0.15) is 23.2 Å². The highest BCUT2D eigenvalue weighted by atomic mass is 19.1. The van der Waals surface area contributed by atoms with Gasteiger partial charge in [0.2, 0.25) is 0 Å². The number of rotatable bonds is 2. The van der Waals surface area contributed by atoms with Gasteiger partial charge in [0.25, 0.3) is 0 Å². The van der Waals surface area contributed by atoms with Crippen molar-refractivity contribution in [2.24, 2.45) is 0 Å². The molecule has 0 saturated carbocycles. The topological polar surface area (TPSA) is 29.1 Å². The van der Waals surface area contributed by atoms with E-state index in [0.29, 0.717) is 16.3 Å². The molecule has 1 atom stereocenters. The molecular formula is C15H14FNO. The Morgan fingerprint density at radius 1 is 1.17 bits per heavy atom. The molecule has 18 heavy (non-hydrogen) atoms. The largest absolute Gasteiger partial charge is 0.307 e. The summed E-state index contributed by atoms with van der Waals surface area (Å²) in [4.78, 5) is 12.4. The summed E-state index contributed by atoms with van der Waals surface area (Å²) in [6.45, 7) is 0.884. The maximum absolute atomic E-state index is 13.7. The fraction of sp³-hybridized carbons (Fsp3) is 0.267. The van der Waals surface area contributed by atoms with Crippen molar-refractivity contribution >= 4 is 16.6 Å². The van der Waals surface area contributed by atoms with Crippen LogP contribution in [0, 0.1) is 5.82 Å². The molecule has 3 heteroatoms. The predicted octanol–water partition coefficient (Wildman–Crippen LogP) is 2.91. The van der Waals surface area contributed by atoms with Crippen LogP contribution >= 0.6 is 0 Å². The maximum Gasteiger partial charge on any atom is 0.180 e. The lowest BCUT2D eigenvalue weighted by Gasteiger charge is -2.11. The third-order valence-corrected chi connectivity index (χ3v) is 3.51. The number of fused-ring (bicyclic) bond motifs is 1. The Morgan fingerprint density at radius 2 is 1.94 bits per heavy atom.